The molecule has 1 aromatic heterocycles. The maximum absolute atomic E-state index is 10.8. The van der Waals surface area contributed by atoms with Gasteiger partial charge in [-0.15, -0.1) is 0 Å². The maximum Gasteiger partial charge on any atom is 0.335 e. The zero-order valence-corrected chi connectivity index (χ0v) is 12.9. The summed E-state index contributed by atoms with van der Waals surface area (Å²) < 4.78 is 2.87. The van der Waals surface area contributed by atoms with Crippen LogP contribution in [0.2, 0.25) is 0 Å². The smallest absolute Gasteiger partial charge is 0.335 e. The standard InChI is InChI=1S/C14H16BrN3O2/c1-9-13(15)12(18(2)17-9)8-16-7-10-3-5-11(6-4-10)14(19)20/h3-6,16H,7-8H2,1-2H3,(H,19,20). The van der Waals surface area contributed by atoms with E-state index in [1.807, 2.05) is 30.8 Å². The van der Waals surface area contributed by atoms with Gasteiger partial charge in [0.15, 0.2) is 0 Å². The van der Waals surface area contributed by atoms with Crippen LogP contribution in [0.25, 0.3) is 0 Å². The Kier molecular flexibility index (Phi) is 4.57. The van der Waals surface area contributed by atoms with Gasteiger partial charge in [-0.1, -0.05) is 12.1 Å². The van der Waals surface area contributed by atoms with E-state index < -0.39 is 5.97 Å². The van der Waals surface area contributed by atoms with Crippen LogP contribution in [0, 0.1) is 6.92 Å². The van der Waals surface area contributed by atoms with Crippen molar-refractivity contribution in [3.63, 3.8) is 0 Å². The number of benzene rings is 1. The molecule has 5 nitrogen and oxygen atoms in total. The monoisotopic (exact) mass is 337 g/mol. The van der Waals surface area contributed by atoms with Crippen molar-refractivity contribution in [3.05, 3.63) is 51.3 Å². The minimum absolute atomic E-state index is 0.304. The summed E-state index contributed by atoms with van der Waals surface area (Å²) in [6.45, 7) is 3.33. The van der Waals surface area contributed by atoms with Gasteiger partial charge in [0.05, 0.1) is 21.4 Å². The van der Waals surface area contributed by atoms with Crippen LogP contribution in [0.15, 0.2) is 28.7 Å². The first-order chi connectivity index (χ1) is 9.49. The largest absolute Gasteiger partial charge is 0.478 e. The molecule has 0 unspecified atom stereocenters. The Hall–Kier alpha value is -1.66. The fraction of sp³-hybridized carbons (Fsp3) is 0.286. The zero-order chi connectivity index (χ0) is 14.7. The molecule has 106 valence electrons. The summed E-state index contributed by atoms with van der Waals surface area (Å²) in [5, 5.41) is 16.5. The van der Waals surface area contributed by atoms with Gasteiger partial charge in [0, 0.05) is 20.1 Å². The first kappa shape index (κ1) is 14.7. The predicted molar refractivity (Wildman–Crippen MR) is 79.6 cm³/mol. The minimum atomic E-state index is -0.904. The van der Waals surface area contributed by atoms with E-state index in [2.05, 4.69) is 26.3 Å². The number of hydrogen-bond donors (Lipinski definition) is 2. The normalized spacial score (nSPS) is 10.8. The lowest BCUT2D eigenvalue weighted by atomic mass is 10.1. The average molecular weight is 338 g/mol. The first-order valence-electron chi connectivity index (χ1n) is 6.20. The van der Waals surface area contributed by atoms with Crippen molar-refractivity contribution in [3.8, 4) is 0 Å². The molecule has 0 aliphatic heterocycles. The van der Waals surface area contributed by atoms with Crippen LogP contribution < -0.4 is 5.32 Å². The molecule has 2 N–H and O–H groups in total. The van der Waals surface area contributed by atoms with Gasteiger partial charge >= 0.3 is 5.97 Å². The molecule has 0 fully saturated rings. The first-order valence-corrected chi connectivity index (χ1v) is 6.99. The fourth-order valence-electron chi connectivity index (χ4n) is 1.96. The summed E-state index contributed by atoms with van der Waals surface area (Å²) in [7, 11) is 1.91. The molecule has 6 heteroatoms. The SMILES string of the molecule is Cc1nn(C)c(CNCc2ccc(C(=O)O)cc2)c1Br. The van der Waals surface area contributed by atoms with Crippen molar-refractivity contribution in [1.29, 1.82) is 0 Å². The summed E-state index contributed by atoms with van der Waals surface area (Å²) >= 11 is 3.52. The van der Waals surface area contributed by atoms with Crippen molar-refractivity contribution in [2.24, 2.45) is 7.05 Å². The van der Waals surface area contributed by atoms with Gasteiger partial charge in [0.2, 0.25) is 0 Å². The van der Waals surface area contributed by atoms with Gasteiger partial charge in [-0.2, -0.15) is 5.10 Å². The topological polar surface area (TPSA) is 67.2 Å². The highest BCUT2D eigenvalue weighted by molar-refractivity contribution is 9.10. The van der Waals surface area contributed by atoms with Crippen LogP contribution in [0.4, 0.5) is 0 Å². The van der Waals surface area contributed by atoms with Gasteiger partial charge in [-0.25, -0.2) is 4.79 Å². The number of carboxylic acids is 1. The quantitative estimate of drug-likeness (QED) is 0.879. The van der Waals surface area contributed by atoms with Gasteiger partial charge in [0.1, 0.15) is 0 Å². The van der Waals surface area contributed by atoms with Crippen molar-refractivity contribution >= 4 is 21.9 Å². The van der Waals surface area contributed by atoms with Crippen LogP contribution >= 0.6 is 15.9 Å². The number of nitrogens with one attached hydrogen (secondary N) is 1. The lowest BCUT2D eigenvalue weighted by Crippen LogP contribution is -2.15. The lowest BCUT2D eigenvalue weighted by Gasteiger charge is -2.06. The molecule has 0 aliphatic rings. The van der Waals surface area contributed by atoms with E-state index in [4.69, 9.17) is 5.11 Å². The molecule has 0 saturated carbocycles. The van der Waals surface area contributed by atoms with Gasteiger partial charge in [-0.3, -0.25) is 4.68 Å². The lowest BCUT2D eigenvalue weighted by molar-refractivity contribution is 0.0697. The second kappa shape index (κ2) is 6.19. The van der Waals surface area contributed by atoms with Crippen molar-refractivity contribution < 1.29 is 9.90 Å². The molecule has 2 aromatic rings. The van der Waals surface area contributed by atoms with E-state index in [-0.39, 0.29) is 0 Å². The Labute approximate surface area is 125 Å². The molecular weight excluding hydrogens is 322 g/mol. The van der Waals surface area contributed by atoms with Crippen molar-refractivity contribution in [1.82, 2.24) is 15.1 Å². The van der Waals surface area contributed by atoms with Crippen LogP contribution in [-0.2, 0) is 20.1 Å². The van der Waals surface area contributed by atoms with Crippen LogP contribution in [0.3, 0.4) is 0 Å². The van der Waals surface area contributed by atoms with Crippen LogP contribution in [0.5, 0.6) is 0 Å². The molecule has 2 rings (SSSR count). The second-order valence-corrected chi connectivity index (χ2v) is 5.37. The summed E-state index contributed by atoms with van der Waals surface area (Å²) in [5.74, 6) is -0.904. The van der Waals surface area contributed by atoms with Crippen LogP contribution in [0.1, 0.15) is 27.3 Å². The number of halogens is 1. The Bertz CT molecular complexity index is 620. The van der Waals surface area contributed by atoms with E-state index in [1.54, 1.807) is 12.1 Å². The number of nitrogens with zero attached hydrogens (tertiary/aromatic N) is 2. The highest BCUT2D eigenvalue weighted by Gasteiger charge is 2.09. The number of carboxylic acid groups (broad SMARTS) is 1. The Morgan fingerprint density at radius 1 is 1.35 bits per heavy atom. The molecule has 0 amide bonds. The second-order valence-electron chi connectivity index (χ2n) is 4.58. The highest BCUT2D eigenvalue weighted by Crippen LogP contribution is 2.19. The Morgan fingerprint density at radius 2 is 2.00 bits per heavy atom. The van der Waals surface area contributed by atoms with Crippen molar-refractivity contribution in [2.45, 2.75) is 20.0 Å². The molecule has 0 atom stereocenters. The minimum Gasteiger partial charge on any atom is -0.478 e. The Morgan fingerprint density at radius 3 is 2.50 bits per heavy atom. The summed E-state index contributed by atoms with van der Waals surface area (Å²) in [6, 6.07) is 6.87. The molecule has 1 aromatic carbocycles. The molecule has 1 heterocycles. The summed E-state index contributed by atoms with van der Waals surface area (Å²) in [4.78, 5) is 10.8. The number of aromatic carboxylic acids is 1. The van der Waals surface area contributed by atoms with Gasteiger partial charge < -0.3 is 10.4 Å². The van der Waals surface area contributed by atoms with Gasteiger partial charge in [0.25, 0.3) is 0 Å². The summed E-state index contributed by atoms with van der Waals surface area (Å²) in [5.41, 5.74) is 3.41. The summed E-state index contributed by atoms with van der Waals surface area (Å²) in [6.07, 6.45) is 0. The number of aromatic nitrogens is 2. The van der Waals surface area contributed by atoms with Crippen LogP contribution in [-0.4, -0.2) is 20.9 Å². The van der Waals surface area contributed by atoms with E-state index in [0.29, 0.717) is 18.7 Å². The molecule has 20 heavy (non-hydrogen) atoms. The van der Waals surface area contributed by atoms with E-state index >= 15 is 0 Å². The molecule has 0 spiro atoms. The van der Waals surface area contributed by atoms with Crippen molar-refractivity contribution in [2.75, 3.05) is 0 Å². The Balaban J connectivity index is 1.94. The molecule has 0 saturated heterocycles. The van der Waals surface area contributed by atoms with E-state index in [0.717, 1.165) is 21.4 Å². The zero-order valence-electron chi connectivity index (χ0n) is 11.4. The molecule has 0 bridgehead atoms. The third-order valence-corrected chi connectivity index (χ3v) is 4.12. The number of hydrogen-bond acceptors (Lipinski definition) is 3. The average Bonchev–Trinajstić information content (AvgIpc) is 2.65. The third-order valence-electron chi connectivity index (χ3n) is 3.08. The molecular formula is C14H16BrN3O2. The highest BCUT2D eigenvalue weighted by atomic mass is 79.9. The van der Waals surface area contributed by atoms with E-state index in [9.17, 15) is 4.79 Å². The molecule has 0 aliphatic carbocycles. The predicted octanol–water partition coefficient (Wildman–Crippen LogP) is 2.48. The molecule has 0 radical (unpaired) electrons. The third kappa shape index (κ3) is 3.26. The van der Waals surface area contributed by atoms with Gasteiger partial charge in [-0.05, 0) is 40.5 Å². The number of aryl methyl sites for hydroxylation is 2. The fourth-order valence-corrected chi connectivity index (χ4v) is 2.44. The maximum atomic E-state index is 10.8. The number of rotatable bonds is 5. The number of carbonyl (C=O) groups is 1. The van der Waals surface area contributed by atoms with E-state index in [1.165, 1.54) is 0 Å².